The summed E-state index contributed by atoms with van der Waals surface area (Å²) in [6.07, 6.45) is 0. The third-order valence-corrected chi connectivity index (χ3v) is 4.78. The minimum absolute atomic E-state index is 0.183. The fourth-order valence-corrected chi connectivity index (χ4v) is 3.75. The second kappa shape index (κ2) is 6.46. The molecule has 4 heteroatoms. The molecule has 1 aromatic heterocycles. The Morgan fingerprint density at radius 3 is 2.86 bits per heavy atom. The summed E-state index contributed by atoms with van der Waals surface area (Å²) >= 11 is 1.59. The largest absolute Gasteiger partial charge is 0.465 e. The fourth-order valence-electron chi connectivity index (χ4n) is 2.90. The van der Waals surface area contributed by atoms with Crippen LogP contribution in [0.15, 0.2) is 48.4 Å². The zero-order valence-electron chi connectivity index (χ0n) is 12.6. The van der Waals surface area contributed by atoms with Gasteiger partial charge >= 0.3 is 5.97 Å². The summed E-state index contributed by atoms with van der Waals surface area (Å²) in [4.78, 5) is 15.6. The van der Waals surface area contributed by atoms with Crippen molar-refractivity contribution in [3.63, 3.8) is 0 Å². The zero-order chi connectivity index (χ0) is 15.5. The van der Waals surface area contributed by atoms with Gasteiger partial charge in [-0.15, -0.1) is 11.3 Å². The van der Waals surface area contributed by atoms with E-state index in [2.05, 4.69) is 23.6 Å². The molecule has 0 bridgehead atoms. The summed E-state index contributed by atoms with van der Waals surface area (Å²) < 4.78 is 5.30. The molecular formula is C18H19NO2S. The molecule has 0 spiro atoms. The Morgan fingerprint density at radius 1 is 1.32 bits per heavy atom. The molecular weight excluding hydrogens is 294 g/mol. The quantitative estimate of drug-likeness (QED) is 0.802. The van der Waals surface area contributed by atoms with Gasteiger partial charge in [-0.25, -0.2) is 4.79 Å². The topological polar surface area (TPSA) is 29.5 Å². The van der Waals surface area contributed by atoms with Crippen molar-refractivity contribution < 1.29 is 9.53 Å². The molecule has 0 saturated carbocycles. The van der Waals surface area contributed by atoms with Crippen molar-refractivity contribution in [1.29, 1.82) is 0 Å². The first-order valence-electron chi connectivity index (χ1n) is 7.41. The van der Waals surface area contributed by atoms with E-state index < -0.39 is 0 Å². The first-order chi connectivity index (χ1) is 10.7. The van der Waals surface area contributed by atoms with Gasteiger partial charge in [-0.3, -0.25) is 4.90 Å². The van der Waals surface area contributed by atoms with Crippen LogP contribution >= 0.6 is 11.3 Å². The average molecular weight is 313 g/mol. The molecule has 0 amide bonds. The molecule has 1 aliphatic heterocycles. The number of thiophene rings is 1. The zero-order valence-corrected chi connectivity index (χ0v) is 13.4. The van der Waals surface area contributed by atoms with Gasteiger partial charge in [0.15, 0.2) is 0 Å². The van der Waals surface area contributed by atoms with E-state index in [1.807, 2.05) is 36.6 Å². The predicted molar refractivity (Wildman–Crippen MR) is 89.6 cm³/mol. The van der Waals surface area contributed by atoms with E-state index in [-0.39, 0.29) is 12.0 Å². The Labute approximate surface area is 134 Å². The Morgan fingerprint density at radius 2 is 2.14 bits per heavy atom. The summed E-state index contributed by atoms with van der Waals surface area (Å²) in [5.41, 5.74) is 3.46. The van der Waals surface area contributed by atoms with E-state index in [1.165, 1.54) is 11.1 Å². The van der Waals surface area contributed by atoms with Crippen molar-refractivity contribution >= 4 is 22.9 Å². The number of benzene rings is 1. The number of carbonyl (C=O) groups is 1. The molecule has 0 saturated heterocycles. The van der Waals surface area contributed by atoms with Crippen LogP contribution in [-0.4, -0.2) is 24.0 Å². The lowest BCUT2D eigenvalue weighted by molar-refractivity contribution is -0.149. The molecule has 114 valence electrons. The Kier molecular flexibility index (Phi) is 4.41. The smallest absolute Gasteiger partial charge is 0.328 e. The van der Waals surface area contributed by atoms with Gasteiger partial charge < -0.3 is 4.74 Å². The van der Waals surface area contributed by atoms with Crippen molar-refractivity contribution in [2.45, 2.75) is 19.5 Å². The molecule has 3 rings (SSSR count). The number of esters is 1. The molecule has 1 atom stereocenters. The average Bonchev–Trinajstić information content (AvgIpc) is 3.02. The molecule has 2 heterocycles. The van der Waals surface area contributed by atoms with Crippen molar-refractivity contribution in [3.05, 3.63) is 64.4 Å². The highest BCUT2D eigenvalue weighted by Gasteiger charge is 2.33. The third-order valence-electron chi connectivity index (χ3n) is 3.85. The molecule has 0 fully saturated rings. The lowest BCUT2D eigenvalue weighted by Crippen LogP contribution is -2.38. The van der Waals surface area contributed by atoms with Crippen LogP contribution in [0.1, 0.15) is 29.0 Å². The van der Waals surface area contributed by atoms with Gasteiger partial charge in [-0.2, -0.15) is 0 Å². The number of carbonyl (C=O) groups excluding carboxylic acids is 1. The van der Waals surface area contributed by atoms with Gasteiger partial charge in [0.05, 0.1) is 6.61 Å². The van der Waals surface area contributed by atoms with E-state index in [4.69, 9.17) is 4.74 Å². The second-order valence-electron chi connectivity index (χ2n) is 5.34. The predicted octanol–water partition coefficient (Wildman–Crippen LogP) is 3.88. The van der Waals surface area contributed by atoms with Crippen LogP contribution in [0, 0.1) is 0 Å². The summed E-state index contributed by atoms with van der Waals surface area (Å²) in [7, 11) is 0. The minimum Gasteiger partial charge on any atom is -0.465 e. The van der Waals surface area contributed by atoms with Gasteiger partial charge in [0.25, 0.3) is 0 Å². The highest BCUT2D eigenvalue weighted by molar-refractivity contribution is 7.10. The third kappa shape index (κ3) is 2.85. The normalized spacial score (nSPS) is 16.1. The number of fused-ring (bicyclic) bond motifs is 1. The van der Waals surface area contributed by atoms with Gasteiger partial charge in [-0.1, -0.05) is 36.9 Å². The molecule has 1 aromatic carbocycles. The molecule has 22 heavy (non-hydrogen) atoms. The highest BCUT2D eigenvalue weighted by atomic mass is 32.1. The number of ether oxygens (including phenoxy) is 1. The maximum Gasteiger partial charge on any atom is 0.328 e. The van der Waals surface area contributed by atoms with Crippen molar-refractivity contribution in [3.8, 4) is 0 Å². The Bertz CT molecular complexity index is 678. The summed E-state index contributed by atoms with van der Waals surface area (Å²) in [6.45, 7) is 7.83. The van der Waals surface area contributed by atoms with Gasteiger partial charge in [-0.05, 0) is 35.1 Å². The Hall–Kier alpha value is -1.91. The van der Waals surface area contributed by atoms with Crippen LogP contribution < -0.4 is 0 Å². The maximum absolute atomic E-state index is 12.5. The standard InChI is InChI=1S/C18H19NO2S/c1-3-21-18(20)17(16-9-6-10-22-16)19-11-13(2)15-8-5-4-7-14(15)12-19/h4-10,17H,2-3,11-12H2,1H3. The van der Waals surface area contributed by atoms with E-state index >= 15 is 0 Å². The van der Waals surface area contributed by atoms with Crippen LogP contribution in [0.5, 0.6) is 0 Å². The molecule has 0 aliphatic carbocycles. The SMILES string of the molecule is C=C1CN(C(C(=O)OCC)c2cccs2)Cc2ccccc21. The molecule has 1 aliphatic rings. The fraction of sp³-hybridized carbons (Fsp3) is 0.278. The molecule has 0 N–H and O–H groups in total. The maximum atomic E-state index is 12.5. The first kappa shape index (κ1) is 15.0. The van der Waals surface area contributed by atoms with Crippen molar-refractivity contribution in [2.24, 2.45) is 0 Å². The van der Waals surface area contributed by atoms with Crippen LogP contribution in [0.25, 0.3) is 5.57 Å². The first-order valence-corrected chi connectivity index (χ1v) is 8.28. The second-order valence-corrected chi connectivity index (χ2v) is 6.31. The van der Waals surface area contributed by atoms with Gasteiger partial charge in [0.2, 0.25) is 0 Å². The van der Waals surface area contributed by atoms with Crippen LogP contribution in [0.3, 0.4) is 0 Å². The van der Waals surface area contributed by atoms with E-state index in [9.17, 15) is 4.79 Å². The van der Waals surface area contributed by atoms with E-state index in [0.717, 1.165) is 17.0 Å². The van der Waals surface area contributed by atoms with E-state index in [1.54, 1.807) is 11.3 Å². The minimum atomic E-state index is -0.356. The van der Waals surface area contributed by atoms with Crippen LogP contribution in [0.4, 0.5) is 0 Å². The number of rotatable bonds is 4. The molecule has 2 aromatic rings. The van der Waals surface area contributed by atoms with Crippen molar-refractivity contribution in [2.75, 3.05) is 13.2 Å². The summed E-state index contributed by atoms with van der Waals surface area (Å²) in [6, 6.07) is 11.9. The van der Waals surface area contributed by atoms with E-state index in [0.29, 0.717) is 13.2 Å². The lowest BCUT2D eigenvalue weighted by Gasteiger charge is -2.34. The molecule has 0 radical (unpaired) electrons. The number of nitrogens with zero attached hydrogens (tertiary/aromatic N) is 1. The lowest BCUT2D eigenvalue weighted by atomic mass is 9.95. The van der Waals surface area contributed by atoms with Crippen molar-refractivity contribution in [1.82, 2.24) is 4.90 Å². The van der Waals surface area contributed by atoms with Gasteiger partial charge in [0.1, 0.15) is 6.04 Å². The Balaban J connectivity index is 1.93. The van der Waals surface area contributed by atoms with Crippen LogP contribution in [0.2, 0.25) is 0 Å². The summed E-state index contributed by atoms with van der Waals surface area (Å²) in [5.74, 6) is -0.183. The number of hydrogen-bond donors (Lipinski definition) is 0. The van der Waals surface area contributed by atoms with Gasteiger partial charge in [0, 0.05) is 18.0 Å². The molecule has 3 nitrogen and oxygen atoms in total. The summed E-state index contributed by atoms with van der Waals surface area (Å²) in [5, 5.41) is 1.99. The number of hydrogen-bond acceptors (Lipinski definition) is 4. The molecule has 1 unspecified atom stereocenters. The monoisotopic (exact) mass is 313 g/mol. The van der Waals surface area contributed by atoms with Crippen LogP contribution in [-0.2, 0) is 16.1 Å². The highest BCUT2D eigenvalue weighted by Crippen LogP contribution is 2.34.